The first-order valence-corrected chi connectivity index (χ1v) is 5.54. The Hall–Kier alpha value is -0.900. The fourth-order valence-corrected chi connectivity index (χ4v) is 1.63. The molecule has 0 aliphatic carbocycles. The molecule has 0 aromatic heterocycles. The summed E-state index contributed by atoms with van der Waals surface area (Å²) in [6.07, 6.45) is 1.47. The lowest BCUT2D eigenvalue weighted by Crippen LogP contribution is -2.29. The highest BCUT2D eigenvalue weighted by Crippen LogP contribution is 2.25. The van der Waals surface area contributed by atoms with Crippen molar-refractivity contribution < 1.29 is 4.39 Å². The zero-order valence-corrected chi connectivity index (χ0v) is 10.0. The van der Waals surface area contributed by atoms with Gasteiger partial charge in [-0.15, -0.1) is 0 Å². The molecule has 0 heterocycles. The van der Waals surface area contributed by atoms with Crippen molar-refractivity contribution in [1.29, 1.82) is 0 Å². The predicted molar refractivity (Wildman–Crippen MR) is 65.5 cm³/mol. The molecule has 16 heavy (non-hydrogen) atoms. The maximum atomic E-state index is 13.6. The van der Waals surface area contributed by atoms with E-state index in [9.17, 15) is 4.39 Å². The topological polar surface area (TPSA) is 38.0 Å². The van der Waals surface area contributed by atoms with Crippen LogP contribution in [0.15, 0.2) is 30.4 Å². The Morgan fingerprint density at radius 2 is 2.31 bits per heavy atom. The van der Waals surface area contributed by atoms with Crippen molar-refractivity contribution in [2.45, 2.75) is 25.8 Å². The number of hydrogen-bond donors (Lipinski definition) is 2. The molecule has 0 bridgehead atoms. The molecule has 2 nitrogen and oxygen atoms in total. The Bertz CT molecular complexity index is 379. The van der Waals surface area contributed by atoms with Crippen molar-refractivity contribution >= 4 is 11.6 Å². The van der Waals surface area contributed by atoms with Crippen LogP contribution in [0.4, 0.5) is 4.39 Å². The Kier molecular flexibility index (Phi) is 4.93. The van der Waals surface area contributed by atoms with Gasteiger partial charge in [0.15, 0.2) is 0 Å². The summed E-state index contributed by atoms with van der Waals surface area (Å²) >= 11 is 5.69. The van der Waals surface area contributed by atoms with E-state index in [4.69, 9.17) is 17.4 Å². The molecule has 0 saturated carbocycles. The normalized spacial score (nSPS) is 12.5. The second-order valence-corrected chi connectivity index (χ2v) is 4.13. The van der Waals surface area contributed by atoms with Crippen molar-refractivity contribution in [1.82, 2.24) is 5.43 Å². The van der Waals surface area contributed by atoms with Gasteiger partial charge in [0, 0.05) is 10.6 Å². The van der Waals surface area contributed by atoms with Crippen LogP contribution in [0.25, 0.3) is 0 Å². The molecule has 1 rings (SSSR count). The van der Waals surface area contributed by atoms with Crippen molar-refractivity contribution in [2.75, 3.05) is 0 Å². The summed E-state index contributed by atoms with van der Waals surface area (Å²) in [7, 11) is 0. The molecule has 1 aromatic rings. The monoisotopic (exact) mass is 242 g/mol. The van der Waals surface area contributed by atoms with Crippen LogP contribution in [0.3, 0.4) is 0 Å². The van der Waals surface area contributed by atoms with E-state index in [-0.39, 0.29) is 11.9 Å². The molecule has 0 saturated heterocycles. The molecule has 0 aliphatic heterocycles. The average molecular weight is 243 g/mol. The van der Waals surface area contributed by atoms with Crippen LogP contribution in [-0.4, -0.2) is 0 Å². The quantitative estimate of drug-likeness (QED) is 0.472. The van der Waals surface area contributed by atoms with Gasteiger partial charge >= 0.3 is 0 Å². The van der Waals surface area contributed by atoms with Crippen LogP contribution in [-0.2, 0) is 0 Å². The van der Waals surface area contributed by atoms with Crippen LogP contribution >= 0.6 is 11.6 Å². The van der Waals surface area contributed by atoms with Crippen molar-refractivity contribution in [2.24, 2.45) is 5.84 Å². The zero-order valence-electron chi connectivity index (χ0n) is 9.26. The first-order chi connectivity index (χ1) is 7.58. The molecule has 0 aliphatic rings. The molecule has 1 unspecified atom stereocenters. The average Bonchev–Trinajstić information content (AvgIpc) is 2.26. The lowest BCUT2D eigenvalue weighted by molar-refractivity contribution is 0.506. The van der Waals surface area contributed by atoms with E-state index in [2.05, 4.69) is 12.0 Å². The molecule has 1 atom stereocenters. The first kappa shape index (κ1) is 13.2. The van der Waals surface area contributed by atoms with Gasteiger partial charge in [-0.25, -0.2) is 4.39 Å². The van der Waals surface area contributed by atoms with Crippen molar-refractivity contribution in [3.8, 4) is 0 Å². The highest BCUT2D eigenvalue weighted by atomic mass is 35.5. The van der Waals surface area contributed by atoms with Gasteiger partial charge in [-0.2, -0.15) is 0 Å². The largest absolute Gasteiger partial charge is 0.271 e. The maximum Gasteiger partial charge on any atom is 0.129 e. The Balaban J connectivity index is 2.90. The van der Waals surface area contributed by atoms with E-state index in [0.717, 1.165) is 12.0 Å². The van der Waals surface area contributed by atoms with E-state index >= 15 is 0 Å². The van der Waals surface area contributed by atoms with Crippen LogP contribution in [0.2, 0.25) is 5.02 Å². The van der Waals surface area contributed by atoms with Gasteiger partial charge in [0.2, 0.25) is 0 Å². The fourth-order valence-electron chi connectivity index (χ4n) is 1.48. The highest BCUT2D eigenvalue weighted by Gasteiger charge is 2.15. The summed E-state index contributed by atoms with van der Waals surface area (Å²) in [5.74, 6) is 5.08. The van der Waals surface area contributed by atoms with E-state index < -0.39 is 0 Å². The lowest BCUT2D eigenvalue weighted by Gasteiger charge is -2.18. The zero-order chi connectivity index (χ0) is 12.1. The van der Waals surface area contributed by atoms with Gasteiger partial charge in [-0.05, 0) is 25.0 Å². The smallest absolute Gasteiger partial charge is 0.129 e. The summed E-state index contributed by atoms with van der Waals surface area (Å²) < 4.78 is 13.6. The molecule has 4 heteroatoms. The summed E-state index contributed by atoms with van der Waals surface area (Å²) in [5, 5.41) is 0.381. The van der Waals surface area contributed by atoms with E-state index in [1.54, 1.807) is 12.1 Å². The minimum absolute atomic E-state index is 0.260. The Morgan fingerprint density at radius 3 is 2.81 bits per heavy atom. The molecular formula is C12H16ClFN2. The van der Waals surface area contributed by atoms with E-state index in [1.807, 2.05) is 6.92 Å². The second kappa shape index (κ2) is 5.99. The Morgan fingerprint density at radius 1 is 1.62 bits per heavy atom. The molecule has 0 amide bonds. The summed E-state index contributed by atoms with van der Waals surface area (Å²) in [6, 6.07) is 4.32. The van der Waals surface area contributed by atoms with Crippen molar-refractivity contribution in [3.63, 3.8) is 0 Å². The number of halogens is 2. The van der Waals surface area contributed by atoms with E-state index in [0.29, 0.717) is 17.0 Å². The lowest BCUT2D eigenvalue weighted by atomic mass is 9.98. The van der Waals surface area contributed by atoms with Gasteiger partial charge in [0.1, 0.15) is 5.82 Å². The van der Waals surface area contributed by atoms with Gasteiger partial charge in [0.25, 0.3) is 0 Å². The number of hydrazine groups is 1. The number of nitrogens with one attached hydrogen (secondary N) is 1. The molecule has 0 spiro atoms. The molecule has 88 valence electrons. The summed E-state index contributed by atoms with van der Waals surface area (Å²) in [6.45, 7) is 5.90. The minimum atomic E-state index is -0.348. The predicted octanol–water partition coefficient (Wildman–Crippen LogP) is 3.34. The number of benzene rings is 1. The fraction of sp³-hybridized carbons (Fsp3) is 0.333. The molecule has 0 fully saturated rings. The van der Waals surface area contributed by atoms with Crippen LogP contribution in [0, 0.1) is 5.82 Å². The van der Waals surface area contributed by atoms with E-state index in [1.165, 1.54) is 6.07 Å². The number of rotatable bonds is 5. The van der Waals surface area contributed by atoms with Gasteiger partial charge in [-0.1, -0.05) is 36.7 Å². The third kappa shape index (κ3) is 3.30. The van der Waals surface area contributed by atoms with Gasteiger partial charge in [-0.3, -0.25) is 11.3 Å². The highest BCUT2D eigenvalue weighted by molar-refractivity contribution is 6.30. The second-order valence-electron chi connectivity index (χ2n) is 3.69. The van der Waals surface area contributed by atoms with Gasteiger partial charge in [0.05, 0.1) is 6.04 Å². The SMILES string of the molecule is C=C(CC)CC(NN)c1ccc(Cl)cc1F. The minimum Gasteiger partial charge on any atom is -0.271 e. The van der Waals surface area contributed by atoms with Gasteiger partial charge < -0.3 is 0 Å². The third-order valence-electron chi connectivity index (χ3n) is 2.53. The summed E-state index contributed by atoms with van der Waals surface area (Å²) in [4.78, 5) is 0. The molecule has 1 aromatic carbocycles. The maximum absolute atomic E-state index is 13.6. The number of nitrogens with two attached hydrogens (primary N) is 1. The third-order valence-corrected chi connectivity index (χ3v) is 2.77. The van der Waals surface area contributed by atoms with Crippen molar-refractivity contribution in [3.05, 3.63) is 46.8 Å². The molecule has 0 radical (unpaired) electrons. The number of hydrogen-bond acceptors (Lipinski definition) is 2. The Labute approximate surface area is 100 Å². The summed E-state index contributed by atoms with van der Waals surface area (Å²) in [5.41, 5.74) is 4.14. The van der Waals surface area contributed by atoms with Crippen LogP contribution < -0.4 is 11.3 Å². The molecular weight excluding hydrogens is 227 g/mol. The molecule has 3 N–H and O–H groups in total. The van der Waals surface area contributed by atoms with Crippen LogP contribution in [0.1, 0.15) is 31.4 Å². The van der Waals surface area contributed by atoms with Crippen LogP contribution in [0.5, 0.6) is 0 Å². The first-order valence-electron chi connectivity index (χ1n) is 5.16. The standard InChI is InChI=1S/C12H16ClFN2/c1-3-8(2)6-12(16-15)10-5-4-9(13)7-11(10)14/h4-5,7,12,16H,2-3,6,15H2,1H3.